The highest BCUT2D eigenvalue weighted by molar-refractivity contribution is 8.00. The maximum atomic E-state index is 12.5. The maximum Gasteiger partial charge on any atom is 0.367 e. The molecule has 0 spiro atoms. The molecule has 0 fully saturated rings. The van der Waals surface area contributed by atoms with Crippen LogP contribution in [0.15, 0.2) is 46.2 Å². The van der Waals surface area contributed by atoms with Crippen LogP contribution < -0.4 is 15.7 Å². The summed E-state index contributed by atoms with van der Waals surface area (Å²) in [5.74, 6) is 0.267. The maximum absolute atomic E-state index is 12.5. The predicted molar refractivity (Wildman–Crippen MR) is 104 cm³/mol. The molecule has 3 aromatic rings. The number of anilines is 1. The molecule has 27 heavy (non-hydrogen) atoms. The van der Waals surface area contributed by atoms with Crippen LogP contribution in [0.3, 0.4) is 0 Å². The van der Waals surface area contributed by atoms with Crippen molar-refractivity contribution in [2.75, 3.05) is 12.4 Å². The molecule has 8 nitrogen and oxygen atoms in total. The topological polar surface area (TPSA) is 90.5 Å². The van der Waals surface area contributed by atoms with E-state index in [9.17, 15) is 9.59 Å². The Balaban J connectivity index is 1.79. The number of amides is 1. The second kappa shape index (κ2) is 7.43. The lowest BCUT2D eigenvalue weighted by molar-refractivity contribution is -0.117. The fourth-order valence-electron chi connectivity index (χ4n) is 2.40. The van der Waals surface area contributed by atoms with E-state index in [0.717, 1.165) is 9.71 Å². The van der Waals surface area contributed by atoms with E-state index >= 15 is 0 Å². The fourth-order valence-corrected chi connectivity index (χ4v) is 3.29. The van der Waals surface area contributed by atoms with Gasteiger partial charge in [-0.05, 0) is 24.3 Å². The molecular formula is C18H21N5O3S. The van der Waals surface area contributed by atoms with Crippen molar-refractivity contribution < 1.29 is 9.53 Å². The number of fused-ring (bicyclic) bond motifs is 1. The van der Waals surface area contributed by atoms with Crippen molar-refractivity contribution in [2.24, 2.45) is 0 Å². The minimum Gasteiger partial charge on any atom is -0.497 e. The Kier molecular flexibility index (Phi) is 5.22. The van der Waals surface area contributed by atoms with Crippen LogP contribution in [0.4, 0.5) is 5.69 Å². The Labute approximate surface area is 160 Å². The van der Waals surface area contributed by atoms with Gasteiger partial charge in [-0.3, -0.25) is 4.79 Å². The van der Waals surface area contributed by atoms with Crippen LogP contribution >= 0.6 is 11.8 Å². The van der Waals surface area contributed by atoms with Crippen LogP contribution in [0.2, 0.25) is 0 Å². The summed E-state index contributed by atoms with van der Waals surface area (Å²) in [6.45, 7) is 6.00. The molecule has 3 rings (SSSR count). The molecule has 0 aliphatic rings. The highest BCUT2D eigenvalue weighted by Crippen LogP contribution is 2.29. The van der Waals surface area contributed by atoms with Gasteiger partial charge in [0.15, 0.2) is 5.65 Å². The standard InChI is InChI=1S/C18H21N5O3S/c1-18(2,3)27-16-9-8-14-20-22(17(25)23(14)21-16)11-15(24)19-12-6-5-7-13(10-12)26-4/h5-10H,11H2,1-4H3,(H,19,24). The second-order valence-corrected chi connectivity index (χ2v) is 8.72. The van der Waals surface area contributed by atoms with Crippen LogP contribution in [-0.4, -0.2) is 37.2 Å². The van der Waals surface area contributed by atoms with E-state index < -0.39 is 5.69 Å². The molecule has 0 radical (unpaired) electrons. The van der Waals surface area contributed by atoms with Crippen LogP contribution in [0.25, 0.3) is 5.65 Å². The summed E-state index contributed by atoms with van der Waals surface area (Å²) in [6, 6.07) is 10.5. The van der Waals surface area contributed by atoms with E-state index in [1.54, 1.807) is 49.2 Å². The van der Waals surface area contributed by atoms with Crippen LogP contribution in [0.5, 0.6) is 5.75 Å². The molecule has 9 heteroatoms. The number of carbonyl (C=O) groups is 1. The highest BCUT2D eigenvalue weighted by atomic mass is 32.2. The van der Waals surface area contributed by atoms with Crippen molar-refractivity contribution >= 4 is 29.0 Å². The number of nitrogens with one attached hydrogen (secondary N) is 1. The first-order valence-corrected chi connectivity index (χ1v) is 9.17. The first-order valence-electron chi connectivity index (χ1n) is 8.35. The van der Waals surface area contributed by atoms with Gasteiger partial charge in [-0.15, -0.1) is 5.10 Å². The van der Waals surface area contributed by atoms with Gasteiger partial charge < -0.3 is 10.1 Å². The Morgan fingerprint density at radius 3 is 2.70 bits per heavy atom. The Hall–Kier alpha value is -2.81. The normalized spacial score (nSPS) is 11.6. The smallest absolute Gasteiger partial charge is 0.367 e. The van der Waals surface area contributed by atoms with Gasteiger partial charge in [0.2, 0.25) is 5.91 Å². The zero-order valence-corrected chi connectivity index (χ0v) is 16.4. The van der Waals surface area contributed by atoms with Crippen molar-refractivity contribution in [3.8, 4) is 5.75 Å². The van der Waals surface area contributed by atoms with E-state index in [4.69, 9.17) is 4.74 Å². The van der Waals surface area contributed by atoms with E-state index in [0.29, 0.717) is 17.1 Å². The van der Waals surface area contributed by atoms with Gasteiger partial charge in [0, 0.05) is 16.5 Å². The Bertz CT molecular complexity index is 1040. The number of ether oxygens (including phenoxy) is 1. The molecule has 1 amide bonds. The molecule has 0 bridgehead atoms. The van der Waals surface area contributed by atoms with Gasteiger partial charge in [-0.1, -0.05) is 38.6 Å². The van der Waals surface area contributed by atoms with Crippen molar-refractivity contribution in [2.45, 2.75) is 37.1 Å². The molecule has 2 heterocycles. The van der Waals surface area contributed by atoms with Crippen molar-refractivity contribution in [3.63, 3.8) is 0 Å². The van der Waals surface area contributed by atoms with Gasteiger partial charge in [-0.2, -0.15) is 9.61 Å². The average Bonchev–Trinajstić information content (AvgIpc) is 2.89. The molecule has 1 N–H and O–H groups in total. The van der Waals surface area contributed by atoms with Crippen molar-refractivity contribution in [1.82, 2.24) is 19.4 Å². The minimum atomic E-state index is -0.456. The molecule has 1 aromatic carbocycles. The summed E-state index contributed by atoms with van der Waals surface area (Å²) in [4.78, 5) is 24.8. The monoisotopic (exact) mass is 387 g/mol. The number of benzene rings is 1. The van der Waals surface area contributed by atoms with Gasteiger partial charge in [0.05, 0.1) is 7.11 Å². The van der Waals surface area contributed by atoms with Crippen LogP contribution in [0.1, 0.15) is 20.8 Å². The third-order valence-corrected chi connectivity index (χ3v) is 4.51. The molecule has 0 saturated carbocycles. The van der Waals surface area contributed by atoms with Gasteiger partial charge in [-0.25, -0.2) is 9.48 Å². The Morgan fingerprint density at radius 2 is 2.00 bits per heavy atom. The van der Waals surface area contributed by atoms with E-state index in [-0.39, 0.29) is 17.2 Å². The number of carbonyl (C=O) groups excluding carboxylic acids is 1. The lowest BCUT2D eigenvalue weighted by atomic mass is 10.3. The molecule has 0 saturated heterocycles. The van der Waals surface area contributed by atoms with E-state index in [1.807, 2.05) is 6.07 Å². The molecule has 142 valence electrons. The summed E-state index contributed by atoms with van der Waals surface area (Å²) in [6.07, 6.45) is 0. The zero-order chi connectivity index (χ0) is 19.6. The largest absolute Gasteiger partial charge is 0.497 e. The first kappa shape index (κ1) is 19.0. The minimum absolute atomic E-state index is 0.0308. The summed E-state index contributed by atoms with van der Waals surface area (Å²) in [7, 11) is 1.55. The molecular weight excluding hydrogens is 366 g/mol. The van der Waals surface area contributed by atoms with Crippen LogP contribution in [0, 0.1) is 0 Å². The number of thioether (sulfide) groups is 1. The molecule has 0 atom stereocenters. The summed E-state index contributed by atoms with van der Waals surface area (Å²) >= 11 is 1.55. The third kappa shape index (κ3) is 4.68. The number of methoxy groups -OCH3 is 1. The van der Waals surface area contributed by atoms with Crippen molar-refractivity contribution in [1.29, 1.82) is 0 Å². The molecule has 0 aliphatic heterocycles. The molecule has 0 unspecified atom stereocenters. The summed E-state index contributed by atoms with van der Waals surface area (Å²) in [5.41, 5.74) is 0.521. The quantitative estimate of drug-likeness (QED) is 0.676. The summed E-state index contributed by atoms with van der Waals surface area (Å²) in [5, 5.41) is 12.0. The van der Waals surface area contributed by atoms with E-state index in [2.05, 4.69) is 36.3 Å². The summed E-state index contributed by atoms with van der Waals surface area (Å²) < 4.78 is 7.41. The number of rotatable bonds is 5. The van der Waals surface area contributed by atoms with Gasteiger partial charge in [0.1, 0.15) is 17.3 Å². The SMILES string of the molecule is COc1cccc(NC(=O)Cn2nc3ccc(SC(C)(C)C)nn3c2=O)c1. The second-order valence-electron chi connectivity index (χ2n) is 6.88. The third-order valence-electron chi connectivity index (χ3n) is 3.47. The predicted octanol–water partition coefficient (Wildman–Crippen LogP) is 2.43. The average molecular weight is 387 g/mol. The fraction of sp³-hybridized carbons (Fsp3) is 0.333. The lowest BCUT2D eigenvalue weighted by Crippen LogP contribution is -2.29. The first-order chi connectivity index (χ1) is 12.7. The molecule has 0 aliphatic carbocycles. The van der Waals surface area contributed by atoms with Gasteiger partial charge in [0.25, 0.3) is 0 Å². The highest BCUT2D eigenvalue weighted by Gasteiger charge is 2.16. The zero-order valence-electron chi connectivity index (χ0n) is 15.6. The molecule has 2 aromatic heterocycles. The number of hydrogen-bond acceptors (Lipinski definition) is 6. The number of hydrogen-bond donors (Lipinski definition) is 1. The lowest BCUT2D eigenvalue weighted by Gasteiger charge is -2.16. The van der Waals surface area contributed by atoms with Gasteiger partial charge >= 0.3 is 5.69 Å². The van der Waals surface area contributed by atoms with Crippen molar-refractivity contribution in [3.05, 3.63) is 46.9 Å². The van der Waals surface area contributed by atoms with Crippen LogP contribution in [-0.2, 0) is 11.3 Å². The van der Waals surface area contributed by atoms with E-state index in [1.165, 1.54) is 4.52 Å². The number of nitrogens with zero attached hydrogens (tertiary/aromatic N) is 4. The Morgan fingerprint density at radius 1 is 1.22 bits per heavy atom. The number of aromatic nitrogens is 4.